The highest BCUT2D eigenvalue weighted by Gasteiger charge is 2.30. The third-order valence-corrected chi connectivity index (χ3v) is 7.00. The smallest absolute Gasteiger partial charge is 0.253 e. The van der Waals surface area contributed by atoms with Crippen LogP contribution in [0.25, 0.3) is 0 Å². The molecular formula is C21H26N4O5S. The van der Waals surface area contributed by atoms with Crippen molar-refractivity contribution in [2.75, 3.05) is 39.6 Å². The van der Waals surface area contributed by atoms with Gasteiger partial charge in [0.25, 0.3) is 5.91 Å². The number of aromatic nitrogens is 1. The van der Waals surface area contributed by atoms with Crippen LogP contribution >= 0.6 is 0 Å². The van der Waals surface area contributed by atoms with Gasteiger partial charge in [-0.2, -0.15) is 0 Å². The van der Waals surface area contributed by atoms with Gasteiger partial charge < -0.3 is 15.0 Å². The van der Waals surface area contributed by atoms with Crippen molar-refractivity contribution in [2.45, 2.75) is 17.7 Å². The number of ether oxygens (including phenoxy) is 1. The van der Waals surface area contributed by atoms with Crippen molar-refractivity contribution in [1.29, 1.82) is 0 Å². The first-order valence-corrected chi connectivity index (χ1v) is 11.3. The number of anilines is 1. The standard InChI is InChI=1S/C21H26N4O5S/c1-24(2)31(28,29)18-13-15(9-10-17(18)30-3)21(27)25-12-6-7-16(14-25)20(26)23-19-8-4-5-11-22-19/h4-5,8-11,13,16H,6-7,12,14H2,1-3H3,(H,22,23,26). The van der Waals surface area contributed by atoms with Crippen LogP contribution in [-0.2, 0) is 14.8 Å². The highest BCUT2D eigenvalue weighted by Crippen LogP contribution is 2.28. The van der Waals surface area contributed by atoms with E-state index in [1.54, 1.807) is 29.3 Å². The van der Waals surface area contributed by atoms with Crippen LogP contribution in [0.3, 0.4) is 0 Å². The number of methoxy groups -OCH3 is 1. The molecule has 1 aliphatic heterocycles. The molecule has 1 fully saturated rings. The number of carbonyl (C=O) groups excluding carboxylic acids is 2. The molecule has 1 atom stereocenters. The number of piperidine rings is 1. The van der Waals surface area contributed by atoms with Crippen LogP contribution in [0, 0.1) is 5.92 Å². The van der Waals surface area contributed by atoms with E-state index in [0.717, 1.165) is 4.31 Å². The molecule has 1 unspecified atom stereocenters. The van der Waals surface area contributed by atoms with Crippen molar-refractivity contribution in [2.24, 2.45) is 5.92 Å². The fourth-order valence-corrected chi connectivity index (χ4v) is 4.51. The summed E-state index contributed by atoms with van der Waals surface area (Å²) in [5.74, 6) is -0.265. The average Bonchev–Trinajstić information content (AvgIpc) is 2.78. The largest absolute Gasteiger partial charge is 0.495 e. The lowest BCUT2D eigenvalue weighted by Gasteiger charge is -2.32. The van der Waals surface area contributed by atoms with Crippen LogP contribution in [0.1, 0.15) is 23.2 Å². The Morgan fingerprint density at radius 1 is 1.23 bits per heavy atom. The molecule has 2 amide bonds. The van der Waals surface area contributed by atoms with E-state index >= 15 is 0 Å². The summed E-state index contributed by atoms with van der Waals surface area (Å²) in [7, 11) is 0.408. The summed E-state index contributed by atoms with van der Waals surface area (Å²) in [6.45, 7) is 0.743. The van der Waals surface area contributed by atoms with Crippen LogP contribution in [0.15, 0.2) is 47.5 Å². The molecule has 2 heterocycles. The van der Waals surface area contributed by atoms with Crippen LogP contribution in [0.4, 0.5) is 5.82 Å². The molecular weight excluding hydrogens is 420 g/mol. The lowest BCUT2D eigenvalue weighted by atomic mass is 9.96. The summed E-state index contributed by atoms with van der Waals surface area (Å²) in [6.07, 6.45) is 2.92. The van der Waals surface area contributed by atoms with Crippen molar-refractivity contribution in [1.82, 2.24) is 14.2 Å². The monoisotopic (exact) mass is 446 g/mol. The fourth-order valence-electron chi connectivity index (χ4n) is 3.43. The maximum absolute atomic E-state index is 13.1. The number of amides is 2. The number of rotatable bonds is 6. The molecule has 0 radical (unpaired) electrons. The van der Waals surface area contributed by atoms with Gasteiger partial charge in [-0.1, -0.05) is 6.07 Å². The van der Waals surface area contributed by atoms with Crippen LogP contribution in [0.2, 0.25) is 0 Å². The number of pyridine rings is 1. The van der Waals surface area contributed by atoms with Gasteiger partial charge >= 0.3 is 0 Å². The van der Waals surface area contributed by atoms with Crippen LogP contribution < -0.4 is 10.1 Å². The zero-order valence-electron chi connectivity index (χ0n) is 17.7. The molecule has 0 saturated carbocycles. The predicted octanol–water partition coefficient (Wildman–Crippen LogP) is 1.83. The third-order valence-electron chi connectivity index (χ3n) is 5.16. The van der Waals surface area contributed by atoms with E-state index in [4.69, 9.17) is 4.74 Å². The van der Waals surface area contributed by atoms with Crippen LogP contribution in [-0.4, -0.2) is 68.7 Å². The summed E-state index contributed by atoms with van der Waals surface area (Å²) >= 11 is 0. The Morgan fingerprint density at radius 2 is 2.00 bits per heavy atom. The van der Waals surface area contributed by atoms with Gasteiger partial charge in [-0.15, -0.1) is 0 Å². The van der Waals surface area contributed by atoms with E-state index < -0.39 is 10.0 Å². The number of hydrogen-bond donors (Lipinski definition) is 1. The second-order valence-electron chi connectivity index (χ2n) is 7.45. The van der Waals surface area contributed by atoms with Crippen molar-refractivity contribution in [3.63, 3.8) is 0 Å². The molecule has 0 spiro atoms. The molecule has 9 nitrogen and oxygen atoms in total. The maximum Gasteiger partial charge on any atom is 0.253 e. The second-order valence-corrected chi connectivity index (χ2v) is 9.57. The summed E-state index contributed by atoms with van der Waals surface area (Å²) < 4.78 is 31.5. The number of sulfonamides is 1. The molecule has 1 saturated heterocycles. The Balaban J connectivity index is 1.78. The summed E-state index contributed by atoms with van der Waals surface area (Å²) in [4.78, 5) is 31.3. The fraction of sp³-hybridized carbons (Fsp3) is 0.381. The topological polar surface area (TPSA) is 109 Å². The van der Waals surface area contributed by atoms with Gasteiger partial charge in [-0.25, -0.2) is 17.7 Å². The Kier molecular flexibility index (Phi) is 6.91. The Morgan fingerprint density at radius 3 is 2.65 bits per heavy atom. The molecule has 2 aromatic rings. The molecule has 0 bridgehead atoms. The molecule has 0 aliphatic carbocycles. The summed E-state index contributed by atoms with van der Waals surface area (Å²) in [5.41, 5.74) is 0.229. The van der Waals surface area contributed by atoms with Crippen LogP contribution in [0.5, 0.6) is 5.75 Å². The SMILES string of the molecule is COc1ccc(C(=O)N2CCCC(C(=O)Nc3ccccn3)C2)cc1S(=O)(=O)N(C)C. The van der Waals surface area contributed by atoms with E-state index in [-0.39, 0.29) is 40.5 Å². The Labute approximate surface area is 182 Å². The highest BCUT2D eigenvalue weighted by molar-refractivity contribution is 7.89. The zero-order chi connectivity index (χ0) is 22.6. The van der Waals surface area contributed by atoms with Crippen molar-refractivity contribution >= 4 is 27.7 Å². The van der Waals surface area contributed by atoms with Gasteiger partial charge in [-0.05, 0) is 43.2 Å². The number of likely N-dealkylation sites (tertiary alicyclic amines) is 1. The third kappa shape index (κ3) is 5.02. The molecule has 1 aromatic carbocycles. The van der Waals surface area contributed by atoms with E-state index in [1.165, 1.54) is 39.4 Å². The van der Waals surface area contributed by atoms with E-state index in [2.05, 4.69) is 10.3 Å². The van der Waals surface area contributed by atoms with E-state index in [9.17, 15) is 18.0 Å². The quantitative estimate of drug-likeness (QED) is 0.725. The molecule has 166 valence electrons. The van der Waals surface area contributed by atoms with Gasteiger partial charge in [0.2, 0.25) is 15.9 Å². The Bertz CT molecular complexity index is 1060. The lowest BCUT2D eigenvalue weighted by Crippen LogP contribution is -2.43. The number of carbonyl (C=O) groups is 2. The van der Waals surface area contributed by atoms with Crippen molar-refractivity contribution < 1.29 is 22.7 Å². The van der Waals surface area contributed by atoms with Gasteiger partial charge in [0.05, 0.1) is 13.0 Å². The normalized spacial score (nSPS) is 16.8. The van der Waals surface area contributed by atoms with E-state index in [0.29, 0.717) is 25.2 Å². The molecule has 1 aromatic heterocycles. The first-order chi connectivity index (χ1) is 14.7. The van der Waals surface area contributed by atoms with Gasteiger partial charge in [0.1, 0.15) is 16.5 Å². The summed E-state index contributed by atoms with van der Waals surface area (Å²) in [5, 5.41) is 2.78. The molecule has 1 aliphatic rings. The zero-order valence-corrected chi connectivity index (χ0v) is 18.6. The molecule has 31 heavy (non-hydrogen) atoms. The predicted molar refractivity (Wildman–Crippen MR) is 115 cm³/mol. The number of nitrogens with one attached hydrogen (secondary N) is 1. The minimum absolute atomic E-state index is 0.0766. The maximum atomic E-state index is 13.1. The first kappa shape index (κ1) is 22.7. The van der Waals surface area contributed by atoms with E-state index in [1.807, 2.05) is 0 Å². The van der Waals surface area contributed by atoms with Gasteiger partial charge in [0, 0.05) is 38.9 Å². The second kappa shape index (κ2) is 9.44. The molecule has 10 heteroatoms. The minimum atomic E-state index is -3.80. The molecule has 1 N–H and O–H groups in total. The van der Waals surface area contributed by atoms with Crippen molar-refractivity contribution in [3.8, 4) is 5.75 Å². The minimum Gasteiger partial charge on any atom is -0.495 e. The Hall–Kier alpha value is -2.98. The molecule has 3 rings (SSSR count). The lowest BCUT2D eigenvalue weighted by molar-refractivity contribution is -0.121. The van der Waals surface area contributed by atoms with Gasteiger partial charge in [0.15, 0.2) is 0 Å². The number of benzene rings is 1. The number of nitrogens with zero attached hydrogens (tertiary/aromatic N) is 3. The van der Waals surface area contributed by atoms with Gasteiger partial charge in [-0.3, -0.25) is 9.59 Å². The first-order valence-electron chi connectivity index (χ1n) is 9.85. The number of hydrogen-bond acceptors (Lipinski definition) is 6. The summed E-state index contributed by atoms with van der Waals surface area (Å²) in [6, 6.07) is 9.58. The highest BCUT2D eigenvalue weighted by atomic mass is 32.2. The average molecular weight is 447 g/mol. The van der Waals surface area contributed by atoms with Crippen molar-refractivity contribution in [3.05, 3.63) is 48.2 Å².